The van der Waals surface area contributed by atoms with Crippen molar-refractivity contribution >= 4 is 5.91 Å². The molecular weight excluding hydrogens is 363 g/mol. The van der Waals surface area contributed by atoms with Crippen LogP contribution in [0.25, 0.3) is 0 Å². The second-order valence-corrected chi connectivity index (χ2v) is 8.69. The summed E-state index contributed by atoms with van der Waals surface area (Å²) in [5, 5.41) is 2.90. The molecule has 2 aromatic carbocycles. The van der Waals surface area contributed by atoms with E-state index in [0.717, 1.165) is 29.5 Å². The number of halogens is 1. The van der Waals surface area contributed by atoms with Crippen LogP contribution in [0.4, 0.5) is 4.39 Å². The highest BCUT2D eigenvalue weighted by molar-refractivity contribution is 5.78. The van der Waals surface area contributed by atoms with Crippen LogP contribution in [0.5, 0.6) is 0 Å². The zero-order chi connectivity index (χ0) is 20.1. The van der Waals surface area contributed by atoms with Gasteiger partial charge in [-0.2, -0.15) is 0 Å². The Labute approximate surface area is 173 Å². The quantitative estimate of drug-likeness (QED) is 0.750. The smallest absolute Gasteiger partial charge is 0.224 e. The predicted octanol–water partition coefficient (Wildman–Crippen LogP) is 4.49. The van der Waals surface area contributed by atoms with Crippen molar-refractivity contribution in [2.75, 3.05) is 13.1 Å². The van der Waals surface area contributed by atoms with Crippen LogP contribution in [-0.2, 0) is 24.2 Å². The van der Waals surface area contributed by atoms with Gasteiger partial charge in [-0.05, 0) is 67.0 Å². The molecule has 1 aliphatic heterocycles. The number of carbonyl (C=O) groups excluding carboxylic acids is 1. The Morgan fingerprint density at radius 3 is 2.31 bits per heavy atom. The van der Waals surface area contributed by atoms with Crippen LogP contribution < -0.4 is 5.32 Å². The summed E-state index contributed by atoms with van der Waals surface area (Å²) < 4.78 is 12.9. The van der Waals surface area contributed by atoms with Crippen LogP contribution in [0, 0.1) is 11.7 Å². The Morgan fingerprint density at radius 2 is 1.59 bits per heavy atom. The third-order valence-electron chi connectivity index (χ3n) is 6.47. The van der Waals surface area contributed by atoms with Crippen LogP contribution in [0.15, 0.2) is 48.5 Å². The van der Waals surface area contributed by atoms with Gasteiger partial charge < -0.3 is 10.2 Å². The van der Waals surface area contributed by atoms with E-state index in [1.54, 1.807) is 12.1 Å². The van der Waals surface area contributed by atoms with E-state index in [0.29, 0.717) is 13.0 Å². The molecule has 1 heterocycles. The van der Waals surface area contributed by atoms with Crippen LogP contribution in [0.3, 0.4) is 0 Å². The highest BCUT2D eigenvalue weighted by atomic mass is 19.1. The maximum Gasteiger partial charge on any atom is 0.224 e. The number of nitrogens with one attached hydrogen (secondary N) is 1. The molecule has 1 amide bonds. The van der Waals surface area contributed by atoms with E-state index in [1.807, 2.05) is 0 Å². The van der Waals surface area contributed by atoms with Crippen molar-refractivity contribution < 1.29 is 9.18 Å². The zero-order valence-corrected chi connectivity index (χ0v) is 17.1. The van der Waals surface area contributed by atoms with Crippen molar-refractivity contribution in [3.8, 4) is 0 Å². The number of benzene rings is 2. The lowest BCUT2D eigenvalue weighted by atomic mass is 9.97. The summed E-state index contributed by atoms with van der Waals surface area (Å²) >= 11 is 0. The van der Waals surface area contributed by atoms with Crippen molar-refractivity contribution in [2.24, 2.45) is 5.92 Å². The number of hydrogen-bond acceptors (Lipinski definition) is 2. The number of hydrogen-bond donors (Lipinski definition) is 1. The largest absolute Gasteiger partial charge is 0.352 e. The van der Waals surface area contributed by atoms with Crippen molar-refractivity contribution in [1.82, 2.24) is 10.2 Å². The van der Waals surface area contributed by atoms with E-state index >= 15 is 0 Å². The van der Waals surface area contributed by atoms with Crippen LogP contribution in [0.2, 0.25) is 0 Å². The molecule has 1 atom stereocenters. The Bertz CT molecular complexity index is 797. The normalized spacial score (nSPS) is 20.2. The summed E-state index contributed by atoms with van der Waals surface area (Å²) in [4.78, 5) is 14.9. The molecule has 1 N–H and O–H groups in total. The molecule has 0 radical (unpaired) electrons. The van der Waals surface area contributed by atoms with Crippen LogP contribution >= 0.6 is 0 Å². The number of likely N-dealkylation sites (tertiary alicyclic amines) is 1. The predicted molar refractivity (Wildman–Crippen MR) is 114 cm³/mol. The van der Waals surface area contributed by atoms with E-state index in [9.17, 15) is 9.18 Å². The first kappa shape index (κ1) is 20.1. The molecule has 4 rings (SSSR count). The minimum atomic E-state index is -0.260. The highest BCUT2D eigenvalue weighted by Gasteiger charge is 2.29. The summed E-state index contributed by atoms with van der Waals surface area (Å²) in [5.41, 5.74) is 3.31. The number of carbonyl (C=O) groups is 1. The second kappa shape index (κ2) is 9.53. The monoisotopic (exact) mass is 394 g/mol. The minimum Gasteiger partial charge on any atom is -0.352 e. The molecule has 1 saturated carbocycles. The lowest BCUT2D eigenvalue weighted by Crippen LogP contribution is -2.31. The molecule has 4 heteroatoms. The van der Waals surface area contributed by atoms with Crippen LogP contribution in [-0.4, -0.2) is 29.9 Å². The van der Waals surface area contributed by atoms with E-state index in [4.69, 9.17) is 0 Å². The van der Waals surface area contributed by atoms with E-state index in [2.05, 4.69) is 34.5 Å². The van der Waals surface area contributed by atoms with E-state index < -0.39 is 0 Å². The molecule has 2 aliphatic rings. The van der Waals surface area contributed by atoms with Gasteiger partial charge in [0.15, 0.2) is 0 Å². The lowest BCUT2D eigenvalue weighted by molar-refractivity contribution is -0.120. The van der Waals surface area contributed by atoms with Gasteiger partial charge in [-0.3, -0.25) is 4.79 Å². The van der Waals surface area contributed by atoms with Crippen LogP contribution in [0.1, 0.15) is 48.8 Å². The molecule has 0 aromatic heterocycles. The third-order valence-corrected chi connectivity index (χ3v) is 6.47. The molecule has 154 valence electrons. The summed E-state index contributed by atoms with van der Waals surface area (Å²) in [7, 11) is 0. The topological polar surface area (TPSA) is 32.3 Å². The standard InChI is InChI=1S/C25H31FN2O/c26-23-11-9-21(10-12-23)17-27-25(29)16-20-7-5-19(6-8-20)15-22-13-14-28(18-22)24-3-1-2-4-24/h5-12,22,24H,1-4,13-18H2,(H,27,29). The van der Waals surface area contributed by atoms with Gasteiger partial charge in [-0.25, -0.2) is 4.39 Å². The van der Waals surface area contributed by atoms with Crippen molar-refractivity contribution in [1.29, 1.82) is 0 Å². The summed E-state index contributed by atoms with van der Waals surface area (Å²) in [6, 6.07) is 15.6. The average Bonchev–Trinajstić information content (AvgIpc) is 3.41. The van der Waals surface area contributed by atoms with Gasteiger partial charge in [0, 0.05) is 19.1 Å². The fraction of sp³-hybridized carbons (Fsp3) is 0.480. The Hall–Kier alpha value is -2.20. The number of amides is 1. The molecule has 29 heavy (non-hydrogen) atoms. The summed E-state index contributed by atoms with van der Waals surface area (Å²) in [6.07, 6.45) is 8.43. The van der Waals surface area contributed by atoms with E-state index in [1.165, 1.54) is 62.9 Å². The lowest BCUT2D eigenvalue weighted by Gasteiger charge is -2.23. The average molecular weight is 395 g/mol. The van der Waals surface area contributed by atoms with Gasteiger partial charge in [0.2, 0.25) is 5.91 Å². The summed E-state index contributed by atoms with van der Waals surface area (Å²) in [6.45, 7) is 2.94. The molecular formula is C25H31FN2O. The van der Waals surface area contributed by atoms with Gasteiger partial charge in [0.05, 0.1) is 6.42 Å². The Morgan fingerprint density at radius 1 is 0.931 bits per heavy atom. The fourth-order valence-corrected chi connectivity index (χ4v) is 4.81. The van der Waals surface area contributed by atoms with Crippen molar-refractivity contribution in [3.05, 3.63) is 71.0 Å². The van der Waals surface area contributed by atoms with Crippen molar-refractivity contribution in [2.45, 2.75) is 57.5 Å². The van der Waals surface area contributed by atoms with Gasteiger partial charge in [-0.1, -0.05) is 49.2 Å². The first-order valence-electron chi connectivity index (χ1n) is 11.0. The second-order valence-electron chi connectivity index (χ2n) is 8.69. The zero-order valence-electron chi connectivity index (χ0n) is 17.1. The maximum absolute atomic E-state index is 12.9. The number of nitrogens with zero attached hydrogens (tertiary/aromatic N) is 1. The highest BCUT2D eigenvalue weighted by Crippen LogP contribution is 2.29. The minimum absolute atomic E-state index is 0.00919. The molecule has 1 saturated heterocycles. The molecule has 1 unspecified atom stereocenters. The van der Waals surface area contributed by atoms with Gasteiger partial charge in [0.1, 0.15) is 5.82 Å². The molecule has 0 spiro atoms. The van der Waals surface area contributed by atoms with Gasteiger partial charge in [-0.15, -0.1) is 0 Å². The Kier molecular flexibility index (Phi) is 6.60. The van der Waals surface area contributed by atoms with Gasteiger partial charge in [0.25, 0.3) is 0 Å². The number of rotatable bonds is 7. The van der Waals surface area contributed by atoms with Gasteiger partial charge >= 0.3 is 0 Å². The molecule has 2 aromatic rings. The molecule has 0 bridgehead atoms. The third kappa shape index (κ3) is 5.66. The fourth-order valence-electron chi connectivity index (χ4n) is 4.81. The molecule has 1 aliphatic carbocycles. The molecule has 3 nitrogen and oxygen atoms in total. The van der Waals surface area contributed by atoms with Crippen molar-refractivity contribution in [3.63, 3.8) is 0 Å². The summed E-state index contributed by atoms with van der Waals surface area (Å²) in [5.74, 6) is 0.495. The first-order chi connectivity index (χ1) is 14.2. The first-order valence-corrected chi connectivity index (χ1v) is 11.0. The molecule has 2 fully saturated rings. The van der Waals surface area contributed by atoms with E-state index in [-0.39, 0.29) is 11.7 Å². The maximum atomic E-state index is 12.9. The Balaban J connectivity index is 1.21. The SMILES string of the molecule is O=C(Cc1ccc(CC2CCN(C3CCCC3)C2)cc1)NCc1ccc(F)cc1.